The van der Waals surface area contributed by atoms with Crippen LogP contribution in [-0.4, -0.2) is 26.4 Å². The molecule has 0 saturated heterocycles. The molecule has 0 aromatic heterocycles. The molecular formula is C23H30N2O3S. The summed E-state index contributed by atoms with van der Waals surface area (Å²) in [5.41, 5.74) is 2.67. The van der Waals surface area contributed by atoms with E-state index in [0.29, 0.717) is 22.4 Å². The molecule has 1 aromatic rings. The fourth-order valence-electron chi connectivity index (χ4n) is 6.76. The van der Waals surface area contributed by atoms with Crippen molar-refractivity contribution in [3.63, 3.8) is 0 Å². The predicted molar refractivity (Wildman–Crippen MR) is 116 cm³/mol. The van der Waals surface area contributed by atoms with E-state index in [2.05, 4.69) is 16.7 Å². The predicted octanol–water partition coefficient (Wildman–Crippen LogP) is 4.33. The van der Waals surface area contributed by atoms with Crippen LogP contribution in [0.15, 0.2) is 23.9 Å². The number of ether oxygens (including phenoxy) is 3. The molecule has 0 radical (unpaired) electrons. The minimum absolute atomic E-state index is 0.0135. The summed E-state index contributed by atoms with van der Waals surface area (Å²) in [4.78, 5) is 0. The fourth-order valence-corrected chi connectivity index (χ4v) is 7.00. The molecule has 1 atom stereocenters. The molecule has 4 aliphatic carbocycles. The summed E-state index contributed by atoms with van der Waals surface area (Å²) >= 11 is 5.64. The number of allylic oxidation sites excluding steroid dienone is 1. The van der Waals surface area contributed by atoms with Crippen LogP contribution >= 0.6 is 12.2 Å². The van der Waals surface area contributed by atoms with Crippen molar-refractivity contribution in [3.8, 4) is 17.2 Å². The number of hydrogen-bond donors (Lipinski definition) is 2. The first-order chi connectivity index (χ1) is 14.0. The lowest BCUT2D eigenvalue weighted by Gasteiger charge is -2.58. The van der Waals surface area contributed by atoms with Gasteiger partial charge in [0.15, 0.2) is 16.6 Å². The van der Waals surface area contributed by atoms with E-state index in [0.717, 1.165) is 23.3 Å². The molecule has 4 saturated carbocycles. The monoisotopic (exact) mass is 414 g/mol. The van der Waals surface area contributed by atoms with Crippen LogP contribution in [-0.2, 0) is 0 Å². The highest BCUT2D eigenvalue weighted by molar-refractivity contribution is 7.80. The molecule has 4 fully saturated rings. The van der Waals surface area contributed by atoms with Gasteiger partial charge >= 0.3 is 0 Å². The van der Waals surface area contributed by atoms with Crippen LogP contribution in [0.3, 0.4) is 0 Å². The van der Waals surface area contributed by atoms with Gasteiger partial charge < -0.3 is 24.8 Å². The number of benzene rings is 1. The quantitative estimate of drug-likeness (QED) is 0.700. The normalized spacial score (nSPS) is 34.9. The first-order valence-electron chi connectivity index (χ1n) is 10.6. The lowest BCUT2D eigenvalue weighted by Crippen LogP contribution is -2.53. The lowest BCUT2D eigenvalue weighted by molar-refractivity contribution is -0.0331. The Morgan fingerprint density at radius 3 is 1.93 bits per heavy atom. The molecule has 0 amide bonds. The van der Waals surface area contributed by atoms with Gasteiger partial charge in [0.2, 0.25) is 5.75 Å². The van der Waals surface area contributed by atoms with Gasteiger partial charge in [-0.15, -0.1) is 0 Å². The molecule has 0 spiro atoms. The maximum absolute atomic E-state index is 5.64. The lowest BCUT2D eigenvalue weighted by atomic mass is 9.48. The van der Waals surface area contributed by atoms with Crippen molar-refractivity contribution >= 4 is 17.3 Å². The minimum atomic E-state index is -0.0135. The van der Waals surface area contributed by atoms with Crippen molar-refractivity contribution < 1.29 is 14.2 Å². The number of hydrogen-bond acceptors (Lipinski definition) is 4. The number of nitrogens with one attached hydrogen (secondary N) is 2. The van der Waals surface area contributed by atoms with Gasteiger partial charge in [0, 0.05) is 11.1 Å². The SMILES string of the molecule is COc1cc([C@@H]2C=C(C34CC5CC(CC(C5)C3)C4)NC(=S)N2)cc(OC)c1OC. The Bertz CT molecular complexity index is 805. The van der Waals surface area contributed by atoms with Crippen LogP contribution in [0, 0.1) is 23.2 Å². The molecule has 1 aromatic carbocycles. The second-order valence-corrected chi connectivity index (χ2v) is 9.72. The van der Waals surface area contributed by atoms with E-state index < -0.39 is 0 Å². The maximum atomic E-state index is 5.64. The standard InChI is InChI=1S/C23H30N2O3S/c1-26-18-7-16(8-19(27-2)21(18)28-3)17-9-20(25-22(29)24-17)23-10-13-4-14(11-23)6-15(5-13)12-23/h7-9,13-15,17H,4-6,10-12H2,1-3H3,(H2,24,25,29)/t13?,14?,15?,17-,23?/m0/s1. The van der Waals surface area contributed by atoms with Crippen LogP contribution in [0.4, 0.5) is 0 Å². The first-order valence-corrected chi connectivity index (χ1v) is 11.0. The van der Waals surface area contributed by atoms with Crippen LogP contribution in [0.25, 0.3) is 0 Å². The Morgan fingerprint density at radius 2 is 1.45 bits per heavy atom. The maximum Gasteiger partial charge on any atom is 0.203 e. The number of methoxy groups -OCH3 is 3. The van der Waals surface area contributed by atoms with Crippen molar-refractivity contribution in [2.75, 3.05) is 21.3 Å². The molecule has 6 heteroatoms. The smallest absolute Gasteiger partial charge is 0.203 e. The molecule has 4 bridgehead atoms. The third kappa shape index (κ3) is 3.16. The van der Waals surface area contributed by atoms with Gasteiger partial charge in [0.05, 0.1) is 27.4 Å². The van der Waals surface area contributed by atoms with Gasteiger partial charge in [-0.2, -0.15) is 0 Å². The van der Waals surface area contributed by atoms with Crippen molar-refractivity contribution in [1.29, 1.82) is 0 Å². The minimum Gasteiger partial charge on any atom is -0.493 e. The van der Waals surface area contributed by atoms with E-state index in [1.54, 1.807) is 21.3 Å². The molecule has 1 heterocycles. The van der Waals surface area contributed by atoms with E-state index in [4.69, 9.17) is 26.4 Å². The third-order valence-electron chi connectivity index (χ3n) is 7.52. The Labute approximate surface area is 178 Å². The second-order valence-electron chi connectivity index (χ2n) is 9.31. The fraction of sp³-hybridized carbons (Fsp3) is 0.609. The summed E-state index contributed by atoms with van der Waals surface area (Å²) in [5.74, 6) is 4.63. The summed E-state index contributed by atoms with van der Waals surface area (Å²) in [6.07, 6.45) is 10.6. The molecule has 1 aliphatic heterocycles. The van der Waals surface area contributed by atoms with Crippen molar-refractivity contribution in [2.24, 2.45) is 23.2 Å². The molecule has 0 unspecified atom stereocenters. The summed E-state index contributed by atoms with van der Waals surface area (Å²) in [6.45, 7) is 0. The molecule has 5 aliphatic rings. The Hall–Kier alpha value is -1.95. The third-order valence-corrected chi connectivity index (χ3v) is 7.74. The summed E-state index contributed by atoms with van der Waals surface area (Å²) in [7, 11) is 4.93. The Kier molecular flexibility index (Phi) is 4.65. The van der Waals surface area contributed by atoms with Gasteiger partial charge in [-0.25, -0.2) is 0 Å². The average Bonchev–Trinajstić information content (AvgIpc) is 2.71. The topological polar surface area (TPSA) is 51.8 Å². The molecule has 6 rings (SSSR count). The highest BCUT2D eigenvalue weighted by Gasteiger charge is 2.53. The van der Waals surface area contributed by atoms with Crippen molar-refractivity contribution in [3.05, 3.63) is 29.5 Å². The van der Waals surface area contributed by atoms with E-state index in [-0.39, 0.29) is 11.5 Å². The van der Waals surface area contributed by atoms with Crippen LogP contribution in [0.2, 0.25) is 0 Å². The molecular weight excluding hydrogens is 384 g/mol. The Balaban J connectivity index is 1.52. The Morgan fingerprint density at radius 1 is 0.897 bits per heavy atom. The number of thiocarbonyl (C=S) groups is 1. The zero-order chi connectivity index (χ0) is 20.2. The van der Waals surface area contributed by atoms with Gasteiger partial charge in [-0.05, 0) is 92.3 Å². The highest BCUT2D eigenvalue weighted by atomic mass is 32.1. The van der Waals surface area contributed by atoms with Gasteiger partial charge in [-0.1, -0.05) is 0 Å². The van der Waals surface area contributed by atoms with Crippen LogP contribution < -0.4 is 24.8 Å². The van der Waals surface area contributed by atoms with E-state index in [9.17, 15) is 0 Å². The van der Waals surface area contributed by atoms with E-state index in [1.165, 1.54) is 44.2 Å². The average molecular weight is 415 g/mol. The van der Waals surface area contributed by atoms with Crippen molar-refractivity contribution in [1.82, 2.24) is 10.6 Å². The van der Waals surface area contributed by atoms with E-state index in [1.807, 2.05) is 12.1 Å². The summed E-state index contributed by atoms with van der Waals surface area (Å²) < 4.78 is 16.6. The molecule has 29 heavy (non-hydrogen) atoms. The van der Waals surface area contributed by atoms with Crippen LogP contribution in [0.1, 0.15) is 50.1 Å². The second kappa shape index (κ2) is 7.08. The van der Waals surface area contributed by atoms with Crippen molar-refractivity contribution in [2.45, 2.75) is 44.6 Å². The molecule has 156 valence electrons. The number of rotatable bonds is 5. The van der Waals surface area contributed by atoms with Crippen LogP contribution in [0.5, 0.6) is 17.2 Å². The molecule has 2 N–H and O–H groups in total. The first kappa shape index (κ1) is 19.0. The zero-order valence-corrected chi connectivity index (χ0v) is 18.2. The van der Waals surface area contributed by atoms with Gasteiger partial charge in [-0.3, -0.25) is 0 Å². The molecule has 5 nitrogen and oxygen atoms in total. The highest BCUT2D eigenvalue weighted by Crippen LogP contribution is 2.62. The largest absolute Gasteiger partial charge is 0.493 e. The van der Waals surface area contributed by atoms with Gasteiger partial charge in [0.1, 0.15) is 0 Å². The zero-order valence-electron chi connectivity index (χ0n) is 17.4. The van der Waals surface area contributed by atoms with E-state index >= 15 is 0 Å². The summed E-state index contributed by atoms with van der Waals surface area (Å²) in [6, 6.07) is 4.02. The van der Waals surface area contributed by atoms with Gasteiger partial charge in [0.25, 0.3) is 0 Å². The summed E-state index contributed by atoms with van der Waals surface area (Å²) in [5, 5.41) is 7.68.